The van der Waals surface area contributed by atoms with Gasteiger partial charge in [0, 0.05) is 11.3 Å². The molecule has 1 aromatic carbocycles. The molecular weight excluding hydrogens is 260 g/mol. The molecule has 92 valence electrons. The van der Waals surface area contributed by atoms with E-state index in [-0.39, 0.29) is 18.1 Å². The number of halogens is 1. The van der Waals surface area contributed by atoms with Gasteiger partial charge in [0.25, 0.3) is 0 Å². The summed E-state index contributed by atoms with van der Waals surface area (Å²) < 4.78 is 4.92. The van der Waals surface area contributed by atoms with Crippen LogP contribution < -0.4 is 0 Å². The fourth-order valence-corrected chi connectivity index (χ4v) is 1.72. The van der Waals surface area contributed by atoms with Crippen LogP contribution in [0.5, 0.6) is 0 Å². The number of carbonyl (C=O) groups is 2. The van der Waals surface area contributed by atoms with Crippen LogP contribution in [0.1, 0.15) is 22.8 Å². The molecule has 0 N–H and O–H groups in total. The molecule has 5 heteroatoms. The summed E-state index contributed by atoms with van der Waals surface area (Å²) in [7, 11) is 0. The zero-order valence-corrected chi connectivity index (χ0v) is 11.1. The van der Waals surface area contributed by atoms with Gasteiger partial charge >= 0.3 is 5.97 Å². The maximum Gasteiger partial charge on any atom is 0.338 e. The smallest absolute Gasteiger partial charge is 0.338 e. The molecule has 0 aliphatic carbocycles. The van der Waals surface area contributed by atoms with Gasteiger partial charge in [-0.05, 0) is 30.7 Å². The molecule has 3 nitrogen and oxygen atoms in total. The average Bonchev–Trinajstić information content (AvgIpc) is 2.29. The number of ether oxygens (including phenoxy) is 1. The summed E-state index contributed by atoms with van der Waals surface area (Å²) in [6.45, 7) is 2.03. The minimum Gasteiger partial charge on any atom is -0.462 e. The van der Waals surface area contributed by atoms with Crippen LogP contribution in [-0.4, -0.2) is 24.2 Å². The van der Waals surface area contributed by atoms with Gasteiger partial charge < -0.3 is 4.74 Å². The molecule has 1 rings (SSSR count). The highest BCUT2D eigenvalue weighted by Gasteiger charge is 2.14. The van der Waals surface area contributed by atoms with Crippen molar-refractivity contribution in [1.29, 1.82) is 0 Å². The number of esters is 1. The monoisotopic (exact) mass is 272 g/mol. The number of hydrogen-bond donors (Lipinski definition) is 1. The third kappa shape index (κ3) is 4.06. The second-order valence-corrected chi connectivity index (χ2v) is 4.19. The third-order valence-electron chi connectivity index (χ3n) is 2.12. The van der Waals surface area contributed by atoms with E-state index in [9.17, 15) is 9.59 Å². The zero-order valence-electron chi connectivity index (χ0n) is 9.40. The van der Waals surface area contributed by atoms with Crippen molar-refractivity contribution in [2.24, 2.45) is 0 Å². The van der Waals surface area contributed by atoms with E-state index in [1.807, 2.05) is 0 Å². The average molecular weight is 273 g/mol. The van der Waals surface area contributed by atoms with Crippen LogP contribution in [0.4, 0.5) is 0 Å². The van der Waals surface area contributed by atoms with E-state index >= 15 is 0 Å². The molecule has 0 atom stereocenters. The van der Waals surface area contributed by atoms with Crippen molar-refractivity contribution < 1.29 is 14.3 Å². The largest absolute Gasteiger partial charge is 0.462 e. The molecule has 0 bridgehead atoms. The van der Waals surface area contributed by atoms with Crippen molar-refractivity contribution in [2.75, 3.05) is 12.5 Å². The van der Waals surface area contributed by atoms with E-state index in [0.29, 0.717) is 22.6 Å². The lowest BCUT2D eigenvalue weighted by Crippen LogP contribution is -2.12. The molecule has 0 unspecified atom stereocenters. The number of alkyl halides is 1. The Morgan fingerprint density at radius 3 is 2.71 bits per heavy atom. The minimum atomic E-state index is -0.432. The number of hydrogen-bond acceptors (Lipinski definition) is 4. The molecule has 0 aromatic heterocycles. The van der Waals surface area contributed by atoms with Crippen molar-refractivity contribution in [2.45, 2.75) is 18.2 Å². The highest BCUT2D eigenvalue weighted by Crippen LogP contribution is 2.17. The van der Waals surface area contributed by atoms with Crippen molar-refractivity contribution in [3.05, 3.63) is 29.3 Å². The second-order valence-electron chi connectivity index (χ2n) is 3.41. The Morgan fingerprint density at radius 1 is 1.41 bits per heavy atom. The summed E-state index contributed by atoms with van der Waals surface area (Å²) in [4.78, 5) is 23.7. The van der Waals surface area contributed by atoms with Gasteiger partial charge in [-0.15, -0.1) is 24.2 Å². The minimum absolute atomic E-state index is 0.0704. The number of thiol groups is 1. The lowest BCUT2D eigenvalue weighted by molar-refractivity contribution is -0.116. The first-order chi connectivity index (χ1) is 8.08. The standard InChI is InChI=1S/C12H13ClO3S/c1-2-16-12(15)11-4-3-10(17)6-8(11)5-9(14)7-13/h3-4,6,17H,2,5,7H2,1H3. The maximum absolute atomic E-state index is 11.7. The molecule has 0 saturated carbocycles. The second kappa shape index (κ2) is 6.67. The topological polar surface area (TPSA) is 43.4 Å². The first kappa shape index (κ1) is 14.1. The lowest BCUT2D eigenvalue weighted by atomic mass is 10.0. The first-order valence-electron chi connectivity index (χ1n) is 5.15. The van der Waals surface area contributed by atoms with Crippen LogP contribution in [0.25, 0.3) is 0 Å². The molecule has 0 amide bonds. The van der Waals surface area contributed by atoms with Crippen LogP contribution in [0.2, 0.25) is 0 Å². The Balaban J connectivity index is 3.03. The van der Waals surface area contributed by atoms with Crippen molar-refractivity contribution >= 4 is 36.0 Å². The number of rotatable bonds is 5. The summed E-state index contributed by atoms with van der Waals surface area (Å²) in [5.41, 5.74) is 0.990. The predicted molar refractivity (Wildman–Crippen MR) is 69.1 cm³/mol. The normalized spacial score (nSPS) is 10.1. The van der Waals surface area contributed by atoms with E-state index < -0.39 is 5.97 Å². The van der Waals surface area contributed by atoms with Gasteiger partial charge in [-0.3, -0.25) is 4.79 Å². The third-order valence-corrected chi connectivity index (χ3v) is 2.70. The number of carbonyl (C=O) groups excluding carboxylic acids is 2. The molecule has 17 heavy (non-hydrogen) atoms. The van der Waals surface area contributed by atoms with Gasteiger partial charge in [0.1, 0.15) is 0 Å². The summed E-state index contributed by atoms with van der Waals surface area (Å²) in [5, 5.41) is 0. The van der Waals surface area contributed by atoms with Crippen LogP contribution in [0.3, 0.4) is 0 Å². The van der Waals surface area contributed by atoms with Crippen LogP contribution in [-0.2, 0) is 16.0 Å². The summed E-state index contributed by atoms with van der Waals surface area (Å²) in [5.74, 6) is -0.645. The SMILES string of the molecule is CCOC(=O)c1ccc(S)cc1CC(=O)CCl. The van der Waals surface area contributed by atoms with Crippen molar-refractivity contribution in [1.82, 2.24) is 0 Å². The van der Waals surface area contributed by atoms with Gasteiger partial charge in [-0.25, -0.2) is 4.79 Å². The van der Waals surface area contributed by atoms with Crippen molar-refractivity contribution in [3.8, 4) is 0 Å². The molecule has 0 spiro atoms. The Hall–Kier alpha value is -1.00. The molecule has 0 aliphatic rings. The predicted octanol–water partition coefficient (Wildman–Crippen LogP) is 2.50. The highest BCUT2D eigenvalue weighted by molar-refractivity contribution is 7.80. The molecular formula is C12H13ClO3S. The number of benzene rings is 1. The van der Waals surface area contributed by atoms with Gasteiger partial charge in [0.2, 0.25) is 0 Å². The molecule has 0 aliphatic heterocycles. The molecule has 0 heterocycles. The maximum atomic E-state index is 11.7. The van der Waals surface area contributed by atoms with E-state index in [0.717, 1.165) is 0 Å². The van der Waals surface area contributed by atoms with Gasteiger partial charge in [-0.2, -0.15) is 0 Å². The molecule has 1 aromatic rings. The van der Waals surface area contributed by atoms with Crippen LogP contribution in [0.15, 0.2) is 23.1 Å². The molecule has 0 saturated heterocycles. The Morgan fingerprint density at radius 2 is 2.12 bits per heavy atom. The molecule has 0 fully saturated rings. The van der Waals surface area contributed by atoms with Gasteiger partial charge in [0.05, 0.1) is 18.1 Å². The van der Waals surface area contributed by atoms with Crippen LogP contribution in [0, 0.1) is 0 Å². The number of ketones is 1. The van der Waals surface area contributed by atoms with Gasteiger partial charge in [0.15, 0.2) is 5.78 Å². The Bertz CT molecular complexity index is 432. The number of Topliss-reactive ketones (excluding diaryl/α,β-unsaturated/α-hetero) is 1. The first-order valence-corrected chi connectivity index (χ1v) is 6.13. The lowest BCUT2D eigenvalue weighted by Gasteiger charge is -2.08. The Kier molecular flexibility index (Phi) is 5.51. The van der Waals surface area contributed by atoms with E-state index in [4.69, 9.17) is 16.3 Å². The zero-order chi connectivity index (χ0) is 12.8. The summed E-state index contributed by atoms with van der Waals surface area (Å²) >= 11 is 9.63. The quantitative estimate of drug-likeness (QED) is 0.509. The van der Waals surface area contributed by atoms with E-state index in [1.54, 1.807) is 25.1 Å². The summed E-state index contributed by atoms with van der Waals surface area (Å²) in [6, 6.07) is 4.97. The summed E-state index contributed by atoms with van der Waals surface area (Å²) in [6.07, 6.45) is 0.117. The highest BCUT2D eigenvalue weighted by atomic mass is 35.5. The fraction of sp³-hybridized carbons (Fsp3) is 0.333. The van der Waals surface area contributed by atoms with Crippen LogP contribution >= 0.6 is 24.2 Å². The van der Waals surface area contributed by atoms with Gasteiger partial charge in [-0.1, -0.05) is 0 Å². The van der Waals surface area contributed by atoms with E-state index in [1.165, 1.54) is 0 Å². The molecule has 0 radical (unpaired) electrons. The fourth-order valence-electron chi connectivity index (χ4n) is 1.39. The Labute approximate surface area is 111 Å². The van der Waals surface area contributed by atoms with Crippen molar-refractivity contribution in [3.63, 3.8) is 0 Å². The van der Waals surface area contributed by atoms with E-state index in [2.05, 4.69) is 12.6 Å².